The van der Waals surface area contributed by atoms with Gasteiger partial charge >= 0.3 is 5.97 Å². The molecule has 0 saturated carbocycles. The maximum absolute atomic E-state index is 12.8. The summed E-state index contributed by atoms with van der Waals surface area (Å²) in [5, 5.41) is 12.7. The molecule has 28 heavy (non-hydrogen) atoms. The first kappa shape index (κ1) is 19.6. The van der Waals surface area contributed by atoms with Crippen molar-refractivity contribution in [2.45, 2.75) is 19.4 Å². The zero-order valence-corrected chi connectivity index (χ0v) is 16.0. The Morgan fingerprint density at radius 1 is 1.11 bits per heavy atom. The van der Waals surface area contributed by atoms with Crippen molar-refractivity contribution in [2.24, 2.45) is 0 Å². The molecule has 3 aromatic rings. The molecular formula is C22H19ClN2O3. The number of halogens is 1. The van der Waals surface area contributed by atoms with Crippen LogP contribution >= 0.6 is 11.6 Å². The highest BCUT2D eigenvalue weighted by atomic mass is 35.5. The van der Waals surface area contributed by atoms with Gasteiger partial charge in [0.05, 0.1) is 18.2 Å². The summed E-state index contributed by atoms with van der Waals surface area (Å²) in [7, 11) is 0. The number of nitrogens with one attached hydrogen (secondary N) is 1. The summed E-state index contributed by atoms with van der Waals surface area (Å²) in [5.74, 6) is -1.34. The van der Waals surface area contributed by atoms with Crippen LogP contribution in [0, 0.1) is 6.92 Å². The maximum Gasteiger partial charge on any atom is 0.305 e. The summed E-state index contributed by atoms with van der Waals surface area (Å²) in [5.41, 5.74) is 3.50. The molecule has 0 unspecified atom stereocenters. The van der Waals surface area contributed by atoms with E-state index < -0.39 is 12.0 Å². The van der Waals surface area contributed by atoms with E-state index in [4.69, 9.17) is 11.6 Å². The first-order chi connectivity index (χ1) is 13.4. The molecule has 0 fully saturated rings. The molecule has 0 aliphatic heterocycles. The SMILES string of the molecule is Cc1ccccc1[C@H](CC(=O)O)NC(=O)c1ccnc(-c2cccc(Cl)c2)c1. The lowest BCUT2D eigenvalue weighted by atomic mass is 9.98. The molecule has 2 N–H and O–H groups in total. The Morgan fingerprint density at radius 3 is 2.61 bits per heavy atom. The van der Waals surface area contributed by atoms with Crippen molar-refractivity contribution in [3.05, 3.63) is 88.6 Å². The van der Waals surface area contributed by atoms with Gasteiger partial charge in [0.25, 0.3) is 5.91 Å². The van der Waals surface area contributed by atoms with E-state index in [9.17, 15) is 14.7 Å². The summed E-state index contributed by atoms with van der Waals surface area (Å²) < 4.78 is 0. The molecule has 1 aromatic heterocycles. The molecule has 1 amide bonds. The van der Waals surface area contributed by atoms with E-state index in [1.54, 1.807) is 30.5 Å². The molecule has 5 nitrogen and oxygen atoms in total. The van der Waals surface area contributed by atoms with Crippen molar-refractivity contribution in [3.63, 3.8) is 0 Å². The molecule has 3 rings (SSSR count). The van der Waals surface area contributed by atoms with E-state index >= 15 is 0 Å². The van der Waals surface area contributed by atoms with E-state index in [1.807, 2.05) is 43.3 Å². The van der Waals surface area contributed by atoms with Crippen molar-refractivity contribution in [1.82, 2.24) is 10.3 Å². The summed E-state index contributed by atoms with van der Waals surface area (Å²) in [6.07, 6.45) is 1.34. The second-order valence-electron chi connectivity index (χ2n) is 6.42. The number of amides is 1. The number of carbonyl (C=O) groups is 2. The number of rotatable bonds is 6. The monoisotopic (exact) mass is 394 g/mol. The number of aliphatic carboxylic acids is 1. The van der Waals surface area contributed by atoms with Crippen LogP contribution in [0.25, 0.3) is 11.3 Å². The minimum atomic E-state index is -0.983. The Hall–Kier alpha value is -3.18. The topological polar surface area (TPSA) is 79.3 Å². The Kier molecular flexibility index (Phi) is 6.06. The molecule has 0 aliphatic carbocycles. The second kappa shape index (κ2) is 8.67. The smallest absolute Gasteiger partial charge is 0.305 e. The van der Waals surface area contributed by atoms with Gasteiger partial charge in [-0.25, -0.2) is 0 Å². The van der Waals surface area contributed by atoms with Crippen LogP contribution in [-0.4, -0.2) is 22.0 Å². The molecular weight excluding hydrogens is 376 g/mol. The van der Waals surface area contributed by atoms with E-state index in [2.05, 4.69) is 10.3 Å². The Morgan fingerprint density at radius 2 is 1.89 bits per heavy atom. The number of aryl methyl sites for hydroxylation is 1. The minimum absolute atomic E-state index is 0.206. The second-order valence-corrected chi connectivity index (χ2v) is 6.86. The van der Waals surface area contributed by atoms with Crippen LogP contribution in [0.2, 0.25) is 5.02 Å². The van der Waals surface area contributed by atoms with Gasteiger partial charge in [-0.15, -0.1) is 0 Å². The first-order valence-corrected chi connectivity index (χ1v) is 9.12. The number of aromatic nitrogens is 1. The third-order valence-electron chi connectivity index (χ3n) is 4.39. The normalized spacial score (nSPS) is 11.6. The van der Waals surface area contributed by atoms with Crippen LogP contribution in [0.4, 0.5) is 0 Å². The number of carboxylic acid groups (broad SMARTS) is 1. The van der Waals surface area contributed by atoms with Crippen molar-refractivity contribution in [2.75, 3.05) is 0 Å². The highest BCUT2D eigenvalue weighted by molar-refractivity contribution is 6.30. The highest BCUT2D eigenvalue weighted by Gasteiger charge is 2.20. The van der Waals surface area contributed by atoms with E-state index in [1.165, 1.54) is 0 Å². The van der Waals surface area contributed by atoms with Crippen molar-refractivity contribution in [3.8, 4) is 11.3 Å². The summed E-state index contributed by atoms with van der Waals surface area (Å²) >= 11 is 6.03. The zero-order valence-electron chi connectivity index (χ0n) is 15.2. The van der Waals surface area contributed by atoms with E-state index in [0.29, 0.717) is 16.3 Å². The average molecular weight is 395 g/mol. The van der Waals surface area contributed by atoms with Crippen molar-refractivity contribution >= 4 is 23.5 Å². The van der Waals surface area contributed by atoms with Crippen molar-refractivity contribution < 1.29 is 14.7 Å². The fraction of sp³-hybridized carbons (Fsp3) is 0.136. The first-order valence-electron chi connectivity index (χ1n) is 8.74. The number of pyridine rings is 1. The van der Waals surface area contributed by atoms with Gasteiger partial charge in [-0.1, -0.05) is 48.0 Å². The largest absolute Gasteiger partial charge is 0.481 e. The fourth-order valence-electron chi connectivity index (χ4n) is 3.01. The van der Waals surface area contributed by atoms with Gasteiger partial charge in [-0.3, -0.25) is 14.6 Å². The third-order valence-corrected chi connectivity index (χ3v) is 4.63. The highest BCUT2D eigenvalue weighted by Crippen LogP contribution is 2.23. The number of benzene rings is 2. The standard InChI is InChI=1S/C22H19ClN2O3/c1-14-5-2-3-8-18(14)20(13-21(26)27)25-22(28)16-9-10-24-19(12-16)15-6-4-7-17(23)11-15/h2-12,20H,13H2,1H3,(H,25,28)(H,26,27)/t20-/m0/s1. The predicted octanol–water partition coefficient (Wildman–Crippen LogP) is 4.66. The van der Waals surface area contributed by atoms with Crippen LogP contribution in [-0.2, 0) is 4.79 Å². The number of hydrogen-bond acceptors (Lipinski definition) is 3. The summed E-state index contributed by atoms with van der Waals surface area (Å²) in [4.78, 5) is 28.4. The van der Waals surface area contributed by atoms with Crippen LogP contribution < -0.4 is 5.32 Å². The molecule has 0 radical (unpaired) electrons. The number of nitrogens with zero attached hydrogens (tertiary/aromatic N) is 1. The molecule has 6 heteroatoms. The lowest BCUT2D eigenvalue weighted by Gasteiger charge is -2.19. The Bertz CT molecular complexity index is 1020. The predicted molar refractivity (Wildman–Crippen MR) is 108 cm³/mol. The number of hydrogen-bond donors (Lipinski definition) is 2. The van der Waals surface area contributed by atoms with E-state index in [-0.39, 0.29) is 12.3 Å². The van der Waals surface area contributed by atoms with Gasteiger partial charge in [0.2, 0.25) is 0 Å². The van der Waals surface area contributed by atoms with Crippen LogP contribution in [0.5, 0.6) is 0 Å². The lowest BCUT2D eigenvalue weighted by Crippen LogP contribution is -2.30. The van der Waals surface area contributed by atoms with Crippen molar-refractivity contribution in [1.29, 1.82) is 0 Å². The average Bonchev–Trinajstić information content (AvgIpc) is 2.67. The van der Waals surface area contributed by atoms with E-state index in [0.717, 1.165) is 16.7 Å². The molecule has 142 valence electrons. The molecule has 1 atom stereocenters. The van der Waals surface area contributed by atoms with Gasteiger partial charge in [0.1, 0.15) is 0 Å². The van der Waals surface area contributed by atoms with Gasteiger partial charge in [0, 0.05) is 22.3 Å². The van der Waals surface area contributed by atoms with Gasteiger partial charge in [-0.2, -0.15) is 0 Å². The lowest BCUT2D eigenvalue weighted by molar-refractivity contribution is -0.137. The summed E-state index contributed by atoms with van der Waals surface area (Å²) in [6, 6.07) is 17.2. The quantitative estimate of drug-likeness (QED) is 0.637. The fourth-order valence-corrected chi connectivity index (χ4v) is 3.20. The summed E-state index contributed by atoms with van der Waals surface area (Å²) in [6.45, 7) is 1.89. The third kappa shape index (κ3) is 4.75. The molecule has 0 saturated heterocycles. The van der Waals surface area contributed by atoms with Crippen LogP contribution in [0.3, 0.4) is 0 Å². The Balaban J connectivity index is 1.87. The Labute approximate surface area is 168 Å². The molecule has 0 spiro atoms. The molecule has 0 aliphatic rings. The molecule has 0 bridgehead atoms. The zero-order chi connectivity index (χ0) is 20.1. The van der Waals surface area contributed by atoms with Gasteiger partial charge in [-0.05, 0) is 42.3 Å². The van der Waals surface area contributed by atoms with Crippen LogP contribution in [0.1, 0.15) is 33.9 Å². The van der Waals surface area contributed by atoms with Crippen LogP contribution in [0.15, 0.2) is 66.9 Å². The van der Waals surface area contributed by atoms with Gasteiger partial charge < -0.3 is 10.4 Å². The number of carbonyl (C=O) groups excluding carboxylic acids is 1. The van der Waals surface area contributed by atoms with Gasteiger partial charge in [0.15, 0.2) is 0 Å². The maximum atomic E-state index is 12.8. The number of carboxylic acids is 1. The molecule has 2 aromatic carbocycles. The molecule has 1 heterocycles. The minimum Gasteiger partial charge on any atom is -0.481 e.